The molecule has 19 heavy (non-hydrogen) atoms. The number of rotatable bonds is 4. The normalized spacial score (nSPS) is 10.0. The Labute approximate surface area is 109 Å². The van der Waals surface area contributed by atoms with E-state index in [-0.39, 0.29) is 18.3 Å². The molecule has 0 fully saturated rings. The van der Waals surface area contributed by atoms with Gasteiger partial charge in [-0.2, -0.15) is 0 Å². The molecule has 0 saturated heterocycles. The molecule has 1 aromatic heterocycles. The number of aromatic nitrogens is 2. The van der Waals surface area contributed by atoms with Crippen molar-refractivity contribution in [3.63, 3.8) is 0 Å². The molecular weight excluding hydrogens is 249 g/mol. The van der Waals surface area contributed by atoms with Crippen LogP contribution in [0.25, 0.3) is 0 Å². The largest absolute Gasteiger partial charge is 0.496 e. The maximum atomic E-state index is 13.1. The molecule has 1 aromatic carbocycles. The van der Waals surface area contributed by atoms with Crippen LogP contribution >= 0.6 is 0 Å². The monoisotopic (exact) mass is 261 g/mol. The van der Waals surface area contributed by atoms with E-state index in [0.717, 1.165) is 0 Å². The Morgan fingerprint density at radius 2 is 2.11 bits per heavy atom. The number of carbonyl (C=O) groups is 1. The third-order valence-corrected chi connectivity index (χ3v) is 2.41. The van der Waals surface area contributed by atoms with Crippen LogP contribution in [0, 0.1) is 5.82 Å². The number of methoxy groups -OCH3 is 1. The summed E-state index contributed by atoms with van der Waals surface area (Å²) in [6.45, 7) is 0. The standard InChI is InChI=1S/C13H12FN3O2/c1-19-11-4-3-10(14)7-9(11)8-12(18)17-13-15-5-2-6-16-13/h2-7H,8H2,1H3,(H,15,16,17,18). The first-order valence-electron chi connectivity index (χ1n) is 5.58. The van der Waals surface area contributed by atoms with Gasteiger partial charge in [-0.3, -0.25) is 10.1 Å². The van der Waals surface area contributed by atoms with Gasteiger partial charge in [0.05, 0.1) is 13.5 Å². The lowest BCUT2D eigenvalue weighted by molar-refractivity contribution is -0.115. The lowest BCUT2D eigenvalue weighted by Gasteiger charge is -2.08. The summed E-state index contributed by atoms with van der Waals surface area (Å²) >= 11 is 0. The highest BCUT2D eigenvalue weighted by molar-refractivity contribution is 5.90. The maximum Gasteiger partial charge on any atom is 0.231 e. The van der Waals surface area contributed by atoms with Crippen molar-refractivity contribution in [2.75, 3.05) is 12.4 Å². The zero-order valence-corrected chi connectivity index (χ0v) is 10.3. The quantitative estimate of drug-likeness (QED) is 0.911. The third kappa shape index (κ3) is 3.48. The summed E-state index contributed by atoms with van der Waals surface area (Å²) in [5.74, 6) is -0.0805. The second-order valence-corrected chi connectivity index (χ2v) is 3.75. The Balaban J connectivity index is 2.09. The van der Waals surface area contributed by atoms with Crippen molar-refractivity contribution in [2.45, 2.75) is 6.42 Å². The van der Waals surface area contributed by atoms with Crippen LogP contribution in [-0.2, 0) is 11.2 Å². The zero-order valence-electron chi connectivity index (χ0n) is 10.3. The molecule has 5 nitrogen and oxygen atoms in total. The van der Waals surface area contributed by atoms with Crippen molar-refractivity contribution in [1.29, 1.82) is 0 Å². The fourth-order valence-electron chi connectivity index (χ4n) is 1.59. The lowest BCUT2D eigenvalue weighted by atomic mass is 10.1. The maximum absolute atomic E-state index is 13.1. The molecule has 6 heteroatoms. The Hall–Kier alpha value is -2.50. The number of carbonyl (C=O) groups excluding carboxylic acids is 1. The lowest BCUT2D eigenvalue weighted by Crippen LogP contribution is -2.16. The summed E-state index contributed by atoms with van der Waals surface area (Å²) in [6, 6.07) is 5.67. The molecule has 0 aliphatic heterocycles. The van der Waals surface area contributed by atoms with E-state index in [9.17, 15) is 9.18 Å². The number of hydrogen-bond acceptors (Lipinski definition) is 4. The number of halogens is 1. The smallest absolute Gasteiger partial charge is 0.231 e. The Kier molecular flexibility index (Phi) is 4.02. The molecule has 1 N–H and O–H groups in total. The minimum atomic E-state index is -0.417. The Morgan fingerprint density at radius 3 is 2.79 bits per heavy atom. The molecule has 2 rings (SSSR count). The van der Waals surface area contributed by atoms with E-state index in [4.69, 9.17) is 4.74 Å². The average molecular weight is 261 g/mol. The SMILES string of the molecule is COc1ccc(F)cc1CC(=O)Nc1ncccn1. The number of nitrogens with one attached hydrogen (secondary N) is 1. The molecule has 0 saturated carbocycles. The van der Waals surface area contributed by atoms with E-state index < -0.39 is 5.82 Å². The number of anilines is 1. The van der Waals surface area contributed by atoms with E-state index in [1.807, 2.05) is 0 Å². The molecule has 0 aliphatic carbocycles. The summed E-state index contributed by atoms with van der Waals surface area (Å²) in [6.07, 6.45) is 3.02. The van der Waals surface area contributed by atoms with Crippen molar-refractivity contribution >= 4 is 11.9 Å². The molecule has 0 atom stereocenters. The topological polar surface area (TPSA) is 64.1 Å². The van der Waals surface area contributed by atoms with E-state index >= 15 is 0 Å². The van der Waals surface area contributed by atoms with Gasteiger partial charge in [-0.05, 0) is 24.3 Å². The number of amides is 1. The highest BCUT2D eigenvalue weighted by Gasteiger charge is 2.11. The first-order valence-corrected chi connectivity index (χ1v) is 5.58. The minimum absolute atomic E-state index is 0.0147. The first kappa shape index (κ1) is 12.9. The van der Waals surface area contributed by atoms with Gasteiger partial charge in [-0.15, -0.1) is 0 Å². The number of ether oxygens (including phenoxy) is 1. The van der Waals surface area contributed by atoms with Crippen LogP contribution in [0.15, 0.2) is 36.7 Å². The predicted molar refractivity (Wildman–Crippen MR) is 67.3 cm³/mol. The van der Waals surface area contributed by atoms with Gasteiger partial charge >= 0.3 is 0 Å². The van der Waals surface area contributed by atoms with Gasteiger partial charge in [0.2, 0.25) is 11.9 Å². The van der Waals surface area contributed by atoms with Crippen LogP contribution in [0.3, 0.4) is 0 Å². The molecular formula is C13H12FN3O2. The first-order chi connectivity index (χ1) is 9.19. The third-order valence-electron chi connectivity index (χ3n) is 2.41. The van der Waals surface area contributed by atoms with Crippen LogP contribution in [0.2, 0.25) is 0 Å². The van der Waals surface area contributed by atoms with Crippen LogP contribution in [0.5, 0.6) is 5.75 Å². The van der Waals surface area contributed by atoms with E-state index in [1.165, 1.54) is 37.7 Å². The second kappa shape index (κ2) is 5.90. The number of nitrogens with zero attached hydrogens (tertiary/aromatic N) is 2. The van der Waals surface area contributed by atoms with Gasteiger partial charge in [-0.25, -0.2) is 14.4 Å². The summed E-state index contributed by atoms with van der Waals surface area (Å²) in [5.41, 5.74) is 0.468. The number of hydrogen-bond donors (Lipinski definition) is 1. The molecule has 98 valence electrons. The van der Waals surface area contributed by atoms with Gasteiger partial charge in [0.1, 0.15) is 11.6 Å². The van der Waals surface area contributed by atoms with E-state index in [1.54, 1.807) is 6.07 Å². The fourth-order valence-corrected chi connectivity index (χ4v) is 1.59. The van der Waals surface area contributed by atoms with Crippen molar-refractivity contribution in [1.82, 2.24) is 9.97 Å². The summed E-state index contributed by atoms with van der Waals surface area (Å²) < 4.78 is 18.2. The van der Waals surface area contributed by atoms with Crippen LogP contribution in [0.1, 0.15) is 5.56 Å². The van der Waals surface area contributed by atoms with Crippen LogP contribution in [0.4, 0.5) is 10.3 Å². The molecule has 0 aliphatic rings. The highest BCUT2D eigenvalue weighted by Crippen LogP contribution is 2.20. The van der Waals surface area contributed by atoms with Gasteiger partial charge < -0.3 is 4.74 Å². The zero-order chi connectivity index (χ0) is 13.7. The molecule has 2 aromatic rings. The van der Waals surface area contributed by atoms with Gasteiger partial charge in [0.25, 0.3) is 0 Å². The van der Waals surface area contributed by atoms with Crippen molar-refractivity contribution < 1.29 is 13.9 Å². The summed E-state index contributed by atoms with van der Waals surface area (Å²) in [7, 11) is 1.47. The molecule has 1 amide bonds. The molecule has 0 spiro atoms. The Morgan fingerprint density at radius 1 is 1.37 bits per heavy atom. The predicted octanol–water partition coefficient (Wildman–Crippen LogP) is 1.81. The molecule has 1 heterocycles. The molecule has 0 unspecified atom stereocenters. The van der Waals surface area contributed by atoms with E-state index in [2.05, 4.69) is 15.3 Å². The Bertz CT molecular complexity index is 575. The minimum Gasteiger partial charge on any atom is -0.496 e. The summed E-state index contributed by atoms with van der Waals surface area (Å²) in [5, 5.41) is 2.52. The van der Waals surface area contributed by atoms with Crippen LogP contribution < -0.4 is 10.1 Å². The highest BCUT2D eigenvalue weighted by atomic mass is 19.1. The second-order valence-electron chi connectivity index (χ2n) is 3.75. The van der Waals surface area contributed by atoms with Crippen molar-refractivity contribution in [3.05, 3.63) is 48.0 Å². The van der Waals surface area contributed by atoms with Crippen molar-refractivity contribution in [3.8, 4) is 5.75 Å². The van der Waals surface area contributed by atoms with Gasteiger partial charge in [-0.1, -0.05) is 0 Å². The molecule has 0 bridgehead atoms. The average Bonchev–Trinajstić information content (AvgIpc) is 2.40. The van der Waals surface area contributed by atoms with Gasteiger partial charge in [0.15, 0.2) is 0 Å². The van der Waals surface area contributed by atoms with Crippen molar-refractivity contribution in [2.24, 2.45) is 0 Å². The van der Waals surface area contributed by atoms with Gasteiger partial charge in [0, 0.05) is 18.0 Å². The summed E-state index contributed by atoms with van der Waals surface area (Å²) in [4.78, 5) is 19.5. The fraction of sp³-hybridized carbons (Fsp3) is 0.154. The van der Waals surface area contributed by atoms with E-state index in [0.29, 0.717) is 11.3 Å². The number of benzene rings is 1. The van der Waals surface area contributed by atoms with Crippen LogP contribution in [-0.4, -0.2) is 23.0 Å². The molecule has 0 radical (unpaired) electrons.